The van der Waals surface area contributed by atoms with Crippen LogP contribution in [0.5, 0.6) is 0 Å². The summed E-state index contributed by atoms with van der Waals surface area (Å²) >= 11 is 4.77. The Bertz CT molecular complexity index is 807. The lowest BCUT2D eigenvalue weighted by Gasteiger charge is -2.09. The van der Waals surface area contributed by atoms with Gasteiger partial charge in [-0.3, -0.25) is 25.2 Å². The van der Waals surface area contributed by atoms with E-state index in [1.54, 1.807) is 12.1 Å². The molecule has 2 amide bonds. The number of thioether (sulfide) groups is 1. The summed E-state index contributed by atoms with van der Waals surface area (Å²) in [5, 5.41) is 0. The van der Waals surface area contributed by atoms with Gasteiger partial charge in [0.2, 0.25) is 5.91 Å². The highest BCUT2D eigenvalue weighted by Crippen LogP contribution is 2.24. The zero-order chi connectivity index (χ0) is 17.5. The first-order chi connectivity index (χ1) is 11.5. The van der Waals surface area contributed by atoms with Gasteiger partial charge in [-0.25, -0.2) is 0 Å². The minimum Gasteiger partial charge on any atom is -0.306 e. The molecule has 0 aliphatic heterocycles. The van der Waals surface area contributed by atoms with E-state index < -0.39 is 5.91 Å². The second-order valence-electron chi connectivity index (χ2n) is 4.96. The van der Waals surface area contributed by atoms with Crippen molar-refractivity contribution >= 4 is 39.5 Å². The Morgan fingerprint density at radius 3 is 2.62 bits per heavy atom. The Hall–Kier alpha value is -2.06. The van der Waals surface area contributed by atoms with Crippen molar-refractivity contribution in [3.63, 3.8) is 0 Å². The smallest absolute Gasteiger partial charge is 0.258 e. The average Bonchev–Trinajstić information content (AvgIpc) is 2.54. The molecule has 1 heterocycles. The highest BCUT2D eigenvalue weighted by Gasteiger charge is 2.08. The normalized spacial score (nSPS) is 10.2. The van der Waals surface area contributed by atoms with Crippen molar-refractivity contribution in [3.05, 3.63) is 63.0 Å². The summed E-state index contributed by atoms with van der Waals surface area (Å²) in [4.78, 5) is 36.0. The van der Waals surface area contributed by atoms with Gasteiger partial charge in [0.1, 0.15) is 6.54 Å². The lowest BCUT2D eigenvalue weighted by Crippen LogP contribution is -2.44. The predicted octanol–water partition coefficient (Wildman–Crippen LogP) is 1.86. The van der Waals surface area contributed by atoms with Gasteiger partial charge in [0.15, 0.2) is 0 Å². The van der Waals surface area contributed by atoms with Crippen LogP contribution in [0.4, 0.5) is 0 Å². The zero-order valence-corrected chi connectivity index (χ0v) is 15.3. The number of rotatable bonds is 5. The van der Waals surface area contributed by atoms with Gasteiger partial charge in [0.25, 0.3) is 11.5 Å². The number of aromatic nitrogens is 1. The summed E-state index contributed by atoms with van der Waals surface area (Å²) < 4.78 is 2.23. The topological polar surface area (TPSA) is 80.2 Å². The monoisotopic (exact) mass is 409 g/mol. The van der Waals surface area contributed by atoms with Crippen LogP contribution in [-0.2, 0) is 16.1 Å². The number of halogens is 1. The molecule has 0 spiro atoms. The predicted molar refractivity (Wildman–Crippen MR) is 96.6 cm³/mol. The van der Waals surface area contributed by atoms with Crippen molar-refractivity contribution < 1.29 is 9.59 Å². The fourth-order valence-electron chi connectivity index (χ4n) is 1.88. The number of nitrogens with one attached hydrogen (secondary N) is 2. The minimum absolute atomic E-state index is 0.154. The summed E-state index contributed by atoms with van der Waals surface area (Å²) in [5.74, 6) is -0.619. The zero-order valence-electron chi connectivity index (χ0n) is 12.9. The van der Waals surface area contributed by atoms with Gasteiger partial charge < -0.3 is 4.57 Å². The van der Waals surface area contributed by atoms with Crippen LogP contribution in [0, 0.1) is 6.92 Å². The fourth-order valence-corrected chi connectivity index (χ4v) is 3.16. The van der Waals surface area contributed by atoms with Crippen molar-refractivity contribution in [2.75, 3.05) is 5.75 Å². The third kappa shape index (κ3) is 5.54. The fraction of sp³-hybridized carbons (Fsp3) is 0.188. The van der Waals surface area contributed by atoms with Gasteiger partial charge >= 0.3 is 0 Å². The number of hydrogen-bond donors (Lipinski definition) is 2. The quantitative estimate of drug-likeness (QED) is 0.583. The third-order valence-corrected chi connectivity index (χ3v) is 4.72. The molecule has 24 heavy (non-hydrogen) atoms. The van der Waals surface area contributed by atoms with E-state index in [4.69, 9.17) is 0 Å². The van der Waals surface area contributed by atoms with Gasteiger partial charge in [0.05, 0.1) is 5.75 Å². The van der Waals surface area contributed by atoms with Crippen LogP contribution in [0.3, 0.4) is 0 Å². The van der Waals surface area contributed by atoms with Crippen LogP contribution in [-0.4, -0.2) is 22.1 Å². The summed E-state index contributed by atoms with van der Waals surface area (Å²) in [5.41, 5.74) is 5.43. The van der Waals surface area contributed by atoms with Gasteiger partial charge in [0, 0.05) is 21.6 Å². The second kappa shape index (κ2) is 8.70. The molecule has 0 fully saturated rings. The number of carbonyl (C=O) groups is 2. The molecule has 2 aromatic rings. The Balaban J connectivity index is 1.77. The van der Waals surface area contributed by atoms with Gasteiger partial charge in [-0.05, 0) is 36.8 Å². The first kappa shape index (κ1) is 18.3. The first-order valence-electron chi connectivity index (χ1n) is 7.08. The van der Waals surface area contributed by atoms with E-state index in [0.717, 1.165) is 14.9 Å². The van der Waals surface area contributed by atoms with Gasteiger partial charge in [-0.1, -0.05) is 22.0 Å². The number of amides is 2. The number of carbonyl (C=O) groups excluding carboxylic acids is 2. The van der Waals surface area contributed by atoms with Crippen LogP contribution in [0.15, 0.2) is 56.8 Å². The molecule has 0 saturated carbocycles. The van der Waals surface area contributed by atoms with Crippen LogP contribution < -0.4 is 16.4 Å². The maximum Gasteiger partial charge on any atom is 0.258 e. The van der Waals surface area contributed by atoms with Crippen molar-refractivity contribution in [2.24, 2.45) is 0 Å². The third-order valence-electron chi connectivity index (χ3n) is 3.05. The number of benzene rings is 1. The van der Waals surface area contributed by atoms with E-state index in [1.807, 2.05) is 25.1 Å². The number of nitrogens with zero attached hydrogens (tertiary/aromatic N) is 1. The molecule has 2 rings (SSSR count). The molecule has 126 valence electrons. The number of aryl methyl sites for hydroxylation is 1. The number of hydrogen-bond acceptors (Lipinski definition) is 4. The minimum atomic E-state index is -0.471. The molecule has 2 N–H and O–H groups in total. The molecular formula is C16H16BrN3O3S. The Morgan fingerprint density at radius 2 is 1.92 bits per heavy atom. The largest absolute Gasteiger partial charge is 0.306 e. The molecule has 0 radical (unpaired) electrons. The van der Waals surface area contributed by atoms with Crippen molar-refractivity contribution in [3.8, 4) is 0 Å². The molecule has 0 aliphatic rings. The number of hydrazine groups is 1. The van der Waals surface area contributed by atoms with Gasteiger partial charge in [-0.15, -0.1) is 11.8 Å². The molecule has 6 nitrogen and oxygen atoms in total. The first-order valence-corrected chi connectivity index (χ1v) is 8.85. The molecular weight excluding hydrogens is 394 g/mol. The highest BCUT2D eigenvalue weighted by atomic mass is 79.9. The maximum absolute atomic E-state index is 11.8. The molecule has 1 aromatic heterocycles. The summed E-state index contributed by atoms with van der Waals surface area (Å²) in [7, 11) is 0. The highest BCUT2D eigenvalue weighted by molar-refractivity contribution is 9.10. The van der Waals surface area contributed by atoms with Crippen molar-refractivity contribution in [2.45, 2.75) is 18.4 Å². The summed E-state index contributed by atoms with van der Waals surface area (Å²) in [6, 6.07) is 10.4. The lowest BCUT2D eigenvalue weighted by molar-refractivity contribution is -0.128. The standard InChI is InChI=1S/C16H16BrN3O3S/c1-11-8-12(17)5-6-13(11)24-10-15(22)19-18-14(21)9-20-7-3-2-4-16(20)23/h2-8H,9-10H2,1H3,(H,18,21)(H,19,22). The van der Waals surface area contributed by atoms with E-state index in [9.17, 15) is 14.4 Å². The maximum atomic E-state index is 11.8. The summed E-state index contributed by atoms with van der Waals surface area (Å²) in [6.45, 7) is 1.81. The Morgan fingerprint density at radius 1 is 1.17 bits per heavy atom. The van der Waals surface area contributed by atoms with Gasteiger partial charge in [-0.2, -0.15) is 0 Å². The van der Waals surface area contributed by atoms with Crippen LogP contribution in [0.2, 0.25) is 0 Å². The van der Waals surface area contributed by atoms with Crippen molar-refractivity contribution in [1.82, 2.24) is 15.4 Å². The van der Waals surface area contributed by atoms with Crippen LogP contribution >= 0.6 is 27.7 Å². The molecule has 8 heteroatoms. The Labute approximate surface area is 151 Å². The van der Waals surface area contributed by atoms with Crippen LogP contribution in [0.25, 0.3) is 0 Å². The average molecular weight is 410 g/mol. The van der Waals surface area contributed by atoms with E-state index in [2.05, 4.69) is 26.8 Å². The lowest BCUT2D eigenvalue weighted by atomic mass is 10.2. The van der Waals surface area contributed by atoms with E-state index in [0.29, 0.717) is 0 Å². The van der Waals surface area contributed by atoms with Crippen LogP contribution in [0.1, 0.15) is 5.56 Å². The molecule has 0 atom stereocenters. The second-order valence-corrected chi connectivity index (χ2v) is 6.89. The Kier molecular flexibility index (Phi) is 6.62. The molecule has 1 aromatic carbocycles. The van der Waals surface area contributed by atoms with E-state index in [1.165, 1.54) is 28.6 Å². The molecule has 0 aliphatic carbocycles. The molecule has 0 unspecified atom stereocenters. The van der Waals surface area contributed by atoms with E-state index >= 15 is 0 Å². The van der Waals surface area contributed by atoms with Crippen molar-refractivity contribution in [1.29, 1.82) is 0 Å². The molecule has 0 bridgehead atoms. The molecule has 0 saturated heterocycles. The number of pyridine rings is 1. The SMILES string of the molecule is Cc1cc(Br)ccc1SCC(=O)NNC(=O)Cn1ccccc1=O. The summed E-state index contributed by atoms with van der Waals surface area (Å²) in [6.07, 6.45) is 1.51. The van der Waals surface area contributed by atoms with E-state index in [-0.39, 0.29) is 23.8 Å².